The van der Waals surface area contributed by atoms with Crippen LogP contribution in [0.2, 0.25) is 0 Å². The minimum absolute atomic E-state index is 0.608. The van der Waals surface area contributed by atoms with E-state index in [4.69, 9.17) is 9.40 Å². The van der Waals surface area contributed by atoms with Gasteiger partial charge in [-0.05, 0) is 70.1 Å². The lowest BCUT2D eigenvalue weighted by molar-refractivity contribution is 0.623. The average molecular weight is 565 g/mol. The van der Waals surface area contributed by atoms with E-state index in [0.29, 0.717) is 5.89 Å². The van der Waals surface area contributed by atoms with Gasteiger partial charge in [0.25, 0.3) is 0 Å². The van der Waals surface area contributed by atoms with Crippen molar-refractivity contribution in [3.8, 4) is 33.7 Å². The lowest BCUT2D eigenvalue weighted by atomic mass is 10.0. The molecule has 0 N–H and O–H groups in total. The summed E-state index contributed by atoms with van der Waals surface area (Å²) in [5, 5.41) is 2.14. The highest BCUT2D eigenvalue weighted by Crippen LogP contribution is 2.43. The average Bonchev–Trinajstić information content (AvgIpc) is 3.57. The van der Waals surface area contributed by atoms with Crippen molar-refractivity contribution in [2.24, 2.45) is 0 Å². The summed E-state index contributed by atoms with van der Waals surface area (Å²) in [4.78, 5) is 7.41. The van der Waals surface area contributed by atoms with E-state index in [0.717, 1.165) is 44.5 Å². The minimum Gasteiger partial charge on any atom is -0.435 e. The number of rotatable bonds is 6. The molecule has 3 heteroatoms. The number of oxazole rings is 1. The fraction of sp³-hybridized carbons (Fsp3) is 0. The van der Waals surface area contributed by atoms with Crippen molar-refractivity contribution in [3.63, 3.8) is 0 Å². The van der Waals surface area contributed by atoms with E-state index in [1.165, 1.54) is 22.3 Å². The third kappa shape index (κ3) is 4.71. The van der Waals surface area contributed by atoms with Crippen LogP contribution in [0.4, 0.5) is 17.1 Å². The Bertz CT molecular complexity index is 2100. The summed E-state index contributed by atoms with van der Waals surface area (Å²) in [7, 11) is 0. The molecule has 0 atom stereocenters. The molecule has 0 saturated carbocycles. The van der Waals surface area contributed by atoms with Crippen molar-refractivity contribution in [2.75, 3.05) is 4.90 Å². The van der Waals surface area contributed by atoms with Crippen LogP contribution in [0, 0.1) is 0 Å². The van der Waals surface area contributed by atoms with E-state index in [2.05, 4.69) is 132 Å². The van der Waals surface area contributed by atoms with Gasteiger partial charge < -0.3 is 9.32 Å². The molecule has 8 aromatic rings. The second-order valence-electron chi connectivity index (χ2n) is 10.8. The zero-order valence-electron chi connectivity index (χ0n) is 24.0. The fourth-order valence-corrected chi connectivity index (χ4v) is 5.89. The van der Waals surface area contributed by atoms with Gasteiger partial charge in [0.1, 0.15) is 5.52 Å². The highest BCUT2D eigenvalue weighted by molar-refractivity contribution is 6.11. The Morgan fingerprint density at radius 2 is 0.886 bits per heavy atom. The molecular formula is C41H28N2O. The van der Waals surface area contributed by atoms with Crippen molar-refractivity contribution in [2.45, 2.75) is 0 Å². The molecule has 208 valence electrons. The second kappa shape index (κ2) is 11.0. The van der Waals surface area contributed by atoms with E-state index in [1.54, 1.807) is 0 Å². The van der Waals surface area contributed by atoms with Crippen LogP contribution in [0.3, 0.4) is 0 Å². The first kappa shape index (κ1) is 25.8. The Hall–Kier alpha value is -5.93. The van der Waals surface area contributed by atoms with Gasteiger partial charge >= 0.3 is 0 Å². The highest BCUT2D eigenvalue weighted by Gasteiger charge is 2.22. The van der Waals surface area contributed by atoms with Gasteiger partial charge in [0.2, 0.25) is 5.89 Å². The first-order valence-electron chi connectivity index (χ1n) is 14.8. The molecule has 1 aromatic heterocycles. The van der Waals surface area contributed by atoms with E-state index >= 15 is 0 Å². The van der Waals surface area contributed by atoms with Crippen LogP contribution >= 0.6 is 0 Å². The first-order valence-corrected chi connectivity index (χ1v) is 14.8. The lowest BCUT2D eigenvalue weighted by Crippen LogP contribution is -2.10. The van der Waals surface area contributed by atoms with Gasteiger partial charge in [-0.3, -0.25) is 0 Å². The summed E-state index contributed by atoms with van der Waals surface area (Å²) >= 11 is 0. The molecule has 0 saturated heterocycles. The quantitative estimate of drug-likeness (QED) is 0.201. The van der Waals surface area contributed by atoms with Crippen LogP contribution in [-0.2, 0) is 0 Å². The molecule has 0 fully saturated rings. The summed E-state index contributed by atoms with van der Waals surface area (Å²) in [6, 6.07) is 59.1. The summed E-state index contributed by atoms with van der Waals surface area (Å²) in [5.41, 5.74) is 10.3. The molecular weight excluding hydrogens is 536 g/mol. The molecule has 0 unspecified atom stereocenters. The van der Waals surface area contributed by atoms with E-state index in [-0.39, 0.29) is 0 Å². The topological polar surface area (TPSA) is 29.3 Å². The number of nitrogens with zero attached hydrogens (tertiary/aromatic N) is 2. The molecule has 0 bridgehead atoms. The van der Waals surface area contributed by atoms with Gasteiger partial charge in [-0.25, -0.2) is 4.98 Å². The van der Waals surface area contributed by atoms with Crippen LogP contribution in [0.25, 0.3) is 55.6 Å². The van der Waals surface area contributed by atoms with E-state index in [9.17, 15) is 0 Å². The summed E-state index contributed by atoms with van der Waals surface area (Å²) in [6.07, 6.45) is 0. The van der Waals surface area contributed by atoms with Gasteiger partial charge in [-0.2, -0.15) is 0 Å². The van der Waals surface area contributed by atoms with Crippen molar-refractivity contribution >= 4 is 38.9 Å². The Morgan fingerprint density at radius 3 is 1.43 bits per heavy atom. The van der Waals surface area contributed by atoms with Crippen molar-refractivity contribution < 1.29 is 4.42 Å². The molecule has 0 spiro atoms. The predicted molar refractivity (Wildman–Crippen MR) is 183 cm³/mol. The zero-order valence-corrected chi connectivity index (χ0v) is 24.0. The van der Waals surface area contributed by atoms with Gasteiger partial charge in [0.05, 0.1) is 5.69 Å². The molecule has 0 aliphatic rings. The predicted octanol–water partition coefficient (Wildman–Crippen LogP) is 11.5. The number of hydrogen-bond acceptors (Lipinski definition) is 3. The van der Waals surface area contributed by atoms with Crippen LogP contribution < -0.4 is 4.90 Å². The lowest BCUT2D eigenvalue weighted by Gasteiger charge is -2.26. The van der Waals surface area contributed by atoms with Crippen LogP contribution in [0.15, 0.2) is 174 Å². The number of aromatic nitrogens is 1. The van der Waals surface area contributed by atoms with Crippen LogP contribution in [0.5, 0.6) is 0 Å². The number of benzene rings is 7. The van der Waals surface area contributed by atoms with Crippen LogP contribution in [-0.4, -0.2) is 4.98 Å². The minimum atomic E-state index is 0.608. The normalized spacial score (nSPS) is 11.2. The monoisotopic (exact) mass is 564 g/mol. The standard InChI is InChI=1S/C41H28N2O/c1-4-12-29(13-5-1)31-20-24-35(25-21-31)43(36-26-22-32(23-27-36)30-14-6-2-7-15-30)38-28-34-18-10-11-19-37(34)40-39(38)42-41(44-40)33-16-8-3-9-17-33/h1-28H. The molecule has 3 nitrogen and oxygen atoms in total. The van der Waals surface area contributed by atoms with Crippen LogP contribution in [0.1, 0.15) is 0 Å². The summed E-state index contributed by atoms with van der Waals surface area (Å²) < 4.78 is 6.55. The summed E-state index contributed by atoms with van der Waals surface area (Å²) in [6.45, 7) is 0. The smallest absolute Gasteiger partial charge is 0.227 e. The van der Waals surface area contributed by atoms with Gasteiger partial charge in [-0.15, -0.1) is 0 Å². The van der Waals surface area contributed by atoms with Crippen molar-refractivity contribution in [3.05, 3.63) is 170 Å². The molecule has 1 heterocycles. The highest BCUT2D eigenvalue weighted by atomic mass is 16.3. The Balaban J connectivity index is 1.34. The maximum absolute atomic E-state index is 6.55. The molecule has 8 rings (SSSR count). The maximum atomic E-state index is 6.55. The molecule has 0 aliphatic heterocycles. The molecule has 0 radical (unpaired) electrons. The van der Waals surface area contributed by atoms with Gasteiger partial charge in [-0.1, -0.05) is 127 Å². The van der Waals surface area contributed by atoms with Gasteiger partial charge in [0.15, 0.2) is 5.58 Å². The maximum Gasteiger partial charge on any atom is 0.227 e. The van der Waals surface area contributed by atoms with Gasteiger partial charge in [0, 0.05) is 22.3 Å². The zero-order chi connectivity index (χ0) is 29.3. The number of hydrogen-bond donors (Lipinski definition) is 0. The van der Waals surface area contributed by atoms with E-state index in [1.807, 2.05) is 42.5 Å². The molecule has 0 amide bonds. The molecule has 44 heavy (non-hydrogen) atoms. The fourth-order valence-electron chi connectivity index (χ4n) is 5.89. The summed E-state index contributed by atoms with van der Waals surface area (Å²) in [5.74, 6) is 0.608. The van der Waals surface area contributed by atoms with Crippen molar-refractivity contribution in [1.29, 1.82) is 0 Å². The number of fused-ring (bicyclic) bond motifs is 3. The molecule has 7 aromatic carbocycles. The largest absolute Gasteiger partial charge is 0.435 e. The van der Waals surface area contributed by atoms with E-state index < -0.39 is 0 Å². The Kier molecular flexibility index (Phi) is 6.47. The molecule has 0 aliphatic carbocycles. The SMILES string of the molecule is c1ccc(-c2ccc(N(c3ccc(-c4ccccc4)cc3)c3cc4ccccc4c4oc(-c5ccccc5)nc34)cc2)cc1. The third-order valence-corrected chi connectivity index (χ3v) is 8.09. The van der Waals surface area contributed by atoms with Crippen molar-refractivity contribution in [1.82, 2.24) is 4.98 Å². The second-order valence-corrected chi connectivity index (χ2v) is 10.8. The number of anilines is 3. The first-order chi connectivity index (χ1) is 21.8. The Labute approximate surface area is 256 Å². The third-order valence-electron chi connectivity index (χ3n) is 8.09. The Morgan fingerprint density at radius 1 is 0.432 bits per heavy atom.